The lowest BCUT2D eigenvalue weighted by molar-refractivity contribution is 0.101. The van der Waals surface area contributed by atoms with Crippen molar-refractivity contribution in [3.63, 3.8) is 0 Å². The molecule has 12 heteroatoms. The maximum atomic E-state index is 12.6. The predicted molar refractivity (Wildman–Crippen MR) is 146 cm³/mol. The number of guanidine groups is 2. The number of nitrogens with zero attached hydrogens (tertiary/aromatic N) is 4. The van der Waals surface area contributed by atoms with Crippen LogP contribution in [0.3, 0.4) is 0 Å². The van der Waals surface area contributed by atoms with Gasteiger partial charge in [-0.2, -0.15) is 0 Å². The minimum Gasteiger partial charge on any atom is -0.370 e. The van der Waals surface area contributed by atoms with Gasteiger partial charge in [-0.15, -0.1) is 0 Å². The molecule has 0 atom stereocenters. The van der Waals surface area contributed by atoms with Crippen LogP contribution in [0.1, 0.15) is 38.4 Å². The van der Waals surface area contributed by atoms with E-state index < -0.39 is 0 Å². The second kappa shape index (κ2) is 11.6. The number of aliphatic imine (C=N–C) groups is 1. The summed E-state index contributed by atoms with van der Waals surface area (Å²) in [6, 6.07) is 13.4. The smallest absolute Gasteiger partial charge is 0.256 e. The molecule has 4 rings (SSSR count). The fourth-order valence-corrected chi connectivity index (χ4v) is 3.72. The van der Waals surface area contributed by atoms with Crippen molar-refractivity contribution < 1.29 is 9.59 Å². The van der Waals surface area contributed by atoms with Gasteiger partial charge in [-0.05, 0) is 54.0 Å². The van der Waals surface area contributed by atoms with Gasteiger partial charge in [-0.3, -0.25) is 20.0 Å². The average molecular weight is 513 g/mol. The Balaban J connectivity index is 1.31. The minimum atomic E-state index is -0.371. The number of aromatic nitrogens is 2. The van der Waals surface area contributed by atoms with E-state index in [1.807, 2.05) is 18.2 Å². The number of nitrogens with one attached hydrogen (secondary N) is 3. The molecule has 0 bridgehead atoms. The molecule has 0 saturated heterocycles. The Morgan fingerprint density at radius 2 is 1.58 bits per heavy atom. The summed E-state index contributed by atoms with van der Waals surface area (Å²) < 4.78 is 0. The molecule has 0 aliphatic carbocycles. The van der Waals surface area contributed by atoms with Crippen LogP contribution in [0.5, 0.6) is 0 Å². The third kappa shape index (κ3) is 6.69. The van der Waals surface area contributed by atoms with Gasteiger partial charge in [0.1, 0.15) is 0 Å². The first kappa shape index (κ1) is 25.8. The quantitative estimate of drug-likeness (QED) is 0.203. The number of hydrogen-bond donors (Lipinski definition) is 6. The highest BCUT2D eigenvalue weighted by atomic mass is 16.2. The largest absolute Gasteiger partial charge is 0.370 e. The van der Waals surface area contributed by atoms with Gasteiger partial charge in [0.25, 0.3) is 11.8 Å². The minimum absolute atomic E-state index is 0.0158. The van der Waals surface area contributed by atoms with Gasteiger partial charge in [-0.25, -0.2) is 9.98 Å². The molecule has 1 aliphatic rings. The summed E-state index contributed by atoms with van der Waals surface area (Å²) in [6.07, 6.45) is 5.77. The van der Waals surface area contributed by atoms with Crippen LogP contribution in [-0.2, 0) is 6.54 Å². The Morgan fingerprint density at radius 1 is 0.921 bits per heavy atom. The molecule has 194 valence electrons. The molecule has 2 aromatic carbocycles. The lowest BCUT2D eigenvalue weighted by Crippen LogP contribution is -2.39. The highest BCUT2D eigenvalue weighted by Gasteiger charge is 2.15. The molecule has 1 aliphatic heterocycles. The lowest BCUT2D eigenvalue weighted by atomic mass is 10.1. The molecule has 12 nitrogen and oxygen atoms in total. The molecule has 0 unspecified atom stereocenters. The van der Waals surface area contributed by atoms with Crippen molar-refractivity contribution in [3.05, 3.63) is 89.4 Å². The molecule has 2 amide bonds. The van der Waals surface area contributed by atoms with Crippen molar-refractivity contribution in [2.75, 3.05) is 23.7 Å². The first-order valence-electron chi connectivity index (χ1n) is 11.8. The monoisotopic (exact) mass is 512 g/mol. The molecular formula is C26H28N10O2. The Bertz CT molecular complexity index is 1380. The molecule has 1 aromatic heterocycles. The molecule has 0 radical (unpaired) electrons. The van der Waals surface area contributed by atoms with Crippen LogP contribution in [0.25, 0.3) is 5.57 Å². The summed E-state index contributed by atoms with van der Waals surface area (Å²) in [5.41, 5.74) is 20.2. The highest BCUT2D eigenvalue weighted by Crippen LogP contribution is 2.20. The van der Waals surface area contributed by atoms with Crippen LogP contribution in [0.4, 0.5) is 11.5 Å². The van der Waals surface area contributed by atoms with Crippen LogP contribution in [0.2, 0.25) is 0 Å². The van der Waals surface area contributed by atoms with Crippen LogP contribution < -0.4 is 27.8 Å². The Morgan fingerprint density at radius 3 is 2.11 bits per heavy atom. The number of anilines is 2. The number of nitrogens with two attached hydrogens (primary N) is 3. The Hall–Kier alpha value is -5.26. The molecule has 9 N–H and O–H groups in total. The molecule has 3 aromatic rings. The molecule has 0 fully saturated rings. The van der Waals surface area contributed by atoms with Crippen LogP contribution >= 0.6 is 0 Å². The summed E-state index contributed by atoms with van der Waals surface area (Å²) in [5.74, 6) is -0.305. The van der Waals surface area contributed by atoms with Crippen molar-refractivity contribution in [2.24, 2.45) is 22.2 Å². The highest BCUT2D eigenvalue weighted by molar-refractivity contribution is 6.07. The van der Waals surface area contributed by atoms with E-state index in [2.05, 4.69) is 25.6 Å². The molecular weight excluding hydrogens is 484 g/mol. The fourth-order valence-electron chi connectivity index (χ4n) is 3.72. The van der Waals surface area contributed by atoms with Gasteiger partial charge in [-0.1, -0.05) is 18.2 Å². The molecule has 0 saturated carbocycles. The Kier molecular flexibility index (Phi) is 7.92. The van der Waals surface area contributed by atoms with Crippen molar-refractivity contribution in [2.45, 2.75) is 13.0 Å². The number of benzene rings is 2. The normalized spacial score (nSPS) is 12.7. The summed E-state index contributed by atoms with van der Waals surface area (Å²) in [5, 5.41) is 13.0. The van der Waals surface area contributed by atoms with Gasteiger partial charge >= 0.3 is 0 Å². The number of rotatable bonds is 7. The number of hydrogen-bond acceptors (Lipinski definition) is 6. The maximum absolute atomic E-state index is 12.6. The molecule has 38 heavy (non-hydrogen) atoms. The summed E-state index contributed by atoms with van der Waals surface area (Å²) in [6.45, 7) is 1.54. The van der Waals surface area contributed by atoms with E-state index in [0.29, 0.717) is 54.4 Å². The predicted octanol–water partition coefficient (Wildman–Crippen LogP) is 1.74. The zero-order chi connectivity index (χ0) is 27.1. The average Bonchev–Trinajstić information content (AvgIpc) is 2.93. The van der Waals surface area contributed by atoms with Gasteiger partial charge in [0.15, 0.2) is 17.7 Å². The second-order valence-electron chi connectivity index (χ2n) is 8.52. The second-order valence-corrected chi connectivity index (χ2v) is 8.52. The van der Waals surface area contributed by atoms with Crippen molar-refractivity contribution in [1.29, 1.82) is 5.41 Å². The SMILES string of the molecule is N=C(N)N1CC=C(c2cnc(NC(=O)c3ccc(C(=O)Nc4ccc(CN=C(N)N)cc4)cc3)cn2)CC1. The van der Waals surface area contributed by atoms with Crippen LogP contribution in [0.15, 0.2) is 72.0 Å². The van der Waals surface area contributed by atoms with E-state index in [1.165, 1.54) is 6.20 Å². The van der Waals surface area contributed by atoms with Crippen LogP contribution in [-0.4, -0.2) is 51.7 Å². The topological polar surface area (TPSA) is 201 Å². The van der Waals surface area contributed by atoms with E-state index in [9.17, 15) is 9.59 Å². The van der Waals surface area contributed by atoms with Crippen molar-refractivity contribution >= 4 is 40.8 Å². The third-order valence-electron chi connectivity index (χ3n) is 5.84. The molecule has 2 heterocycles. The van der Waals surface area contributed by atoms with Crippen molar-refractivity contribution in [1.82, 2.24) is 14.9 Å². The van der Waals surface area contributed by atoms with Gasteiger partial charge < -0.3 is 32.7 Å². The van der Waals surface area contributed by atoms with Crippen molar-refractivity contribution in [3.8, 4) is 0 Å². The maximum Gasteiger partial charge on any atom is 0.256 e. The van der Waals surface area contributed by atoms with Crippen LogP contribution in [0, 0.1) is 5.41 Å². The lowest BCUT2D eigenvalue weighted by Gasteiger charge is -2.26. The molecule has 0 spiro atoms. The van der Waals surface area contributed by atoms with E-state index in [0.717, 1.165) is 11.1 Å². The standard InChI is InChI=1S/C26H28N10O2/c27-25(28)33-13-16-1-7-20(8-2-16)34-23(37)18-3-5-19(6-4-18)24(38)35-22-15-31-21(14-32-22)17-9-11-36(12-10-17)26(29)30/h1-9,14-15H,10-13H2,(H3,29,30)(H,34,37)(H4,27,28,33)(H,32,35,38). The van der Waals surface area contributed by atoms with Gasteiger partial charge in [0.05, 0.1) is 24.6 Å². The number of carbonyl (C=O) groups is 2. The van der Waals surface area contributed by atoms with E-state index in [1.54, 1.807) is 47.5 Å². The van der Waals surface area contributed by atoms with E-state index in [4.69, 9.17) is 22.6 Å². The summed E-state index contributed by atoms with van der Waals surface area (Å²) >= 11 is 0. The fraction of sp³-hybridized carbons (Fsp3) is 0.154. The number of carbonyl (C=O) groups excluding carboxylic acids is 2. The first-order chi connectivity index (χ1) is 18.3. The van der Waals surface area contributed by atoms with Gasteiger partial charge in [0.2, 0.25) is 0 Å². The zero-order valence-electron chi connectivity index (χ0n) is 20.5. The first-order valence-corrected chi connectivity index (χ1v) is 11.8. The van der Waals surface area contributed by atoms with E-state index >= 15 is 0 Å². The number of amides is 2. The summed E-state index contributed by atoms with van der Waals surface area (Å²) in [7, 11) is 0. The van der Waals surface area contributed by atoms with Gasteiger partial charge in [0, 0.05) is 29.9 Å². The third-order valence-corrected chi connectivity index (χ3v) is 5.84. The van der Waals surface area contributed by atoms with E-state index in [-0.39, 0.29) is 23.7 Å². The summed E-state index contributed by atoms with van der Waals surface area (Å²) in [4.78, 5) is 39.6. The zero-order valence-corrected chi connectivity index (χ0v) is 20.5. The Labute approximate surface area is 219 Å².